The molecular formula is C14H35NO. The first-order valence-corrected chi connectivity index (χ1v) is 6.93. The van der Waals surface area contributed by atoms with Crippen molar-refractivity contribution in [1.29, 1.82) is 0 Å². The van der Waals surface area contributed by atoms with Crippen LogP contribution in [0.2, 0.25) is 0 Å². The highest BCUT2D eigenvalue weighted by molar-refractivity contribution is 4.79. The molecule has 1 heterocycles. The Morgan fingerprint density at radius 2 is 1.50 bits per heavy atom. The van der Waals surface area contributed by atoms with Gasteiger partial charge in [-0.05, 0) is 26.3 Å². The lowest BCUT2D eigenvalue weighted by molar-refractivity contribution is 0.155. The van der Waals surface area contributed by atoms with E-state index in [1.54, 1.807) is 7.11 Å². The molecule has 1 fully saturated rings. The number of likely N-dealkylation sites (tertiary alicyclic amines) is 1. The molecule has 0 aliphatic carbocycles. The van der Waals surface area contributed by atoms with Crippen LogP contribution in [0.4, 0.5) is 0 Å². The van der Waals surface area contributed by atoms with Crippen molar-refractivity contribution in [3.8, 4) is 0 Å². The Balaban J connectivity index is -0.000000245. The largest absolute Gasteiger partial charge is 0.384 e. The number of hydrogen-bond acceptors (Lipinski definition) is 2. The van der Waals surface area contributed by atoms with Crippen LogP contribution in [0, 0.1) is 5.92 Å². The first-order chi connectivity index (χ1) is 7.74. The second-order valence-electron chi connectivity index (χ2n) is 3.35. The second kappa shape index (κ2) is 17.3. The minimum atomic E-state index is 0.750. The van der Waals surface area contributed by atoms with Gasteiger partial charge in [-0.1, -0.05) is 41.5 Å². The van der Waals surface area contributed by atoms with E-state index in [0.29, 0.717) is 0 Å². The predicted octanol–water partition coefficient (Wildman–Crippen LogP) is 4.05. The highest BCUT2D eigenvalue weighted by Gasteiger charge is 2.25. The molecule has 0 aromatic carbocycles. The molecule has 102 valence electrons. The summed E-state index contributed by atoms with van der Waals surface area (Å²) in [4.78, 5) is 2.39. The summed E-state index contributed by atoms with van der Waals surface area (Å²) in [5.74, 6) is 0.769. The summed E-state index contributed by atoms with van der Waals surface area (Å²) in [6, 6.07) is 0.750. The van der Waals surface area contributed by atoms with Gasteiger partial charge in [-0.3, -0.25) is 0 Å². The van der Waals surface area contributed by atoms with Gasteiger partial charge < -0.3 is 9.64 Å². The number of methoxy groups -OCH3 is 1. The van der Waals surface area contributed by atoms with Gasteiger partial charge in [0.25, 0.3) is 0 Å². The first kappa shape index (κ1) is 21.2. The smallest absolute Gasteiger partial charge is 0.0503 e. The molecule has 0 N–H and O–H groups in total. The number of rotatable bonds is 2. The van der Waals surface area contributed by atoms with E-state index in [-0.39, 0.29) is 0 Å². The molecule has 0 aromatic rings. The summed E-state index contributed by atoms with van der Waals surface area (Å²) in [6.45, 7) is 16.4. The molecule has 0 radical (unpaired) electrons. The molecule has 1 rings (SSSR count). The van der Waals surface area contributed by atoms with Gasteiger partial charge in [0.2, 0.25) is 0 Å². The molecule has 0 spiro atoms. The van der Waals surface area contributed by atoms with Crippen LogP contribution >= 0.6 is 0 Å². The van der Waals surface area contributed by atoms with E-state index in [1.165, 1.54) is 13.0 Å². The Kier molecular flexibility index (Phi) is 23.0. The van der Waals surface area contributed by atoms with Gasteiger partial charge in [0.05, 0.1) is 6.61 Å². The quantitative estimate of drug-likeness (QED) is 0.713. The van der Waals surface area contributed by atoms with E-state index < -0.39 is 0 Å². The molecule has 1 aliphatic rings. The minimum Gasteiger partial charge on any atom is -0.384 e. The fourth-order valence-corrected chi connectivity index (χ4v) is 1.68. The van der Waals surface area contributed by atoms with Crippen LogP contribution in [0.25, 0.3) is 0 Å². The SMILES string of the molecule is CC.CC.CC.COCC1CC(C)N(C)C1. The molecule has 16 heavy (non-hydrogen) atoms. The van der Waals surface area contributed by atoms with Crippen LogP contribution in [-0.4, -0.2) is 38.3 Å². The van der Waals surface area contributed by atoms with Crippen molar-refractivity contribution in [2.75, 3.05) is 27.3 Å². The zero-order valence-corrected chi connectivity index (χ0v) is 13.1. The van der Waals surface area contributed by atoms with Gasteiger partial charge in [-0.2, -0.15) is 0 Å². The second-order valence-corrected chi connectivity index (χ2v) is 3.35. The van der Waals surface area contributed by atoms with Gasteiger partial charge in [0.1, 0.15) is 0 Å². The molecular weight excluding hydrogens is 198 g/mol. The fourth-order valence-electron chi connectivity index (χ4n) is 1.68. The lowest BCUT2D eigenvalue weighted by Crippen LogP contribution is -2.21. The third-order valence-corrected chi connectivity index (χ3v) is 2.38. The van der Waals surface area contributed by atoms with Crippen LogP contribution in [0.15, 0.2) is 0 Å². The van der Waals surface area contributed by atoms with Crippen molar-refractivity contribution < 1.29 is 4.74 Å². The van der Waals surface area contributed by atoms with E-state index in [0.717, 1.165) is 18.6 Å². The lowest BCUT2D eigenvalue weighted by Gasteiger charge is -2.12. The number of ether oxygens (including phenoxy) is 1. The van der Waals surface area contributed by atoms with Crippen molar-refractivity contribution in [3.05, 3.63) is 0 Å². The molecule has 0 bridgehead atoms. The van der Waals surface area contributed by atoms with Crippen LogP contribution in [0.3, 0.4) is 0 Å². The predicted molar refractivity (Wildman–Crippen MR) is 76.1 cm³/mol. The van der Waals surface area contributed by atoms with Crippen LogP contribution < -0.4 is 0 Å². The third-order valence-electron chi connectivity index (χ3n) is 2.38. The van der Waals surface area contributed by atoms with Crippen LogP contribution in [0.1, 0.15) is 54.9 Å². The molecule has 2 nitrogen and oxygen atoms in total. The normalized spacial score (nSPS) is 23.1. The standard InChI is InChI=1S/C8H17NO.3C2H6/c1-7-4-8(6-10-3)5-9(7)2;3*1-2/h7-8H,4-6H2,1-3H3;3*1-2H3. The average Bonchev–Trinajstić information content (AvgIpc) is 2.67. The Hall–Kier alpha value is -0.0800. The Bertz CT molecular complexity index is 96.9. The minimum absolute atomic E-state index is 0.750. The van der Waals surface area contributed by atoms with E-state index in [9.17, 15) is 0 Å². The molecule has 0 saturated carbocycles. The third kappa shape index (κ3) is 10.4. The molecule has 0 amide bonds. The summed E-state index contributed by atoms with van der Waals surface area (Å²) in [5.41, 5.74) is 0. The number of hydrogen-bond donors (Lipinski definition) is 0. The van der Waals surface area contributed by atoms with Crippen molar-refractivity contribution in [1.82, 2.24) is 4.90 Å². The van der Waals surface area contributed by atoms with Gasteiger partial charge in [0, 0.05) is 19.7 Å². The summed E-state index contributed by atoms with van der Waals surface area (Å²) in [5, 5.41) is 0. The summed E-state index contributed by atoms with van der Waals surface area (Å²) in [7, 11) is 3.96. The highest BCUT2D eigenvalue weighted by Crippen LogP contribution is 2.20. The number of nitrogens with zero attached hydrogens (tertiary/aromatic N) is 1. The van der Waals surface area contributed by atoms with E-state index in [2.05, 4.69) is 18.9 Å². The van der Waals surface area contributed by atoms with Gasteiger partial charge in [-0.25, -0.2) is 0 Å². The molecule has 0 aromatic heterocycles. The molecule has 1 saturated heterocycles. The van der Waals surface area contributed by atoms with Crippen molar-refractivity contribution in [2.24, 2.45) is 5.92 Å². The summed E-state index contributed by atoms with van der Waals surface area (Å²) in [6.07, 6.45) is 1.30. The maximum atomic E-state index is 5.10. The monoisotopic (exact) mass is 233 g/mol. The van der Waals surface area contributed by atoms with Crippen molar-refractivity contribution in [2.45, 2.75) is 60.9 Å². The lowest BCUT2D eigenvalue weighted by atomic mass is 10.1. The Labute approximate surface area is 104 Å². The maximum absolute atomic E-state index is 5.10. The summed E-state index contributed by atoms with van der Waals surface area (Å²) >= 11 is 0. The van der Waals surface area contributed by atoms with Gasteiger partial charge in [-0.15, -0.1) is 0 Å². The molecule has 2 unspecified atom stereocenters. The topological polar surface area (TPSA) is 12.5 Å². The fraction of sp³-hybridized carbons (Fsp3) is 1.00. The maximum Gasteiger partial charge on any atom is 0.0503 e. The van der Waals surface area contributed by atoms with Gasteiger partial charge in [0.15, 0.2) is 0 Å². The zero-order chi connectivity index (χ0) is 13.6. The van der Waals surface area contributed by atoms with Gasteiger partial charge >= 0.3 is 0 Å². The molecule has 2 heteroatoms. The first-order valence-electron chi connectivity index (χ1n) is 6.93. The van der Waals surface area contributed by atoms with E-state index >= 15 is 0 Å². The van der Waals surface area contributed by atoms with Crippen LogP contribution in [0.5, 0.6) is 0 Å². The van der Waals surface area contributed by atoms with E-state index in [4.69, 9.17) is 4.74 Å². The Morgan fingerprint density at radius 3 is 1.75 bits per heavy atom. The molecule has 2 atom stereocenters. The summed E-state index contributed by atoms with van der Waals surface area (Å²) < 4.78 is 5.10. The zero-order valence-electron chi connectivity index (χ0n) is 13.1. The van der Waals surface area contributed by atoms with Crippen molar-refractivity contribution in [3.63, 3.8) is 0 Å². The van der Waals surface area contributed by atoms with Crippen molar-refractivity contribution >= 4 is 0 Å². The van der Waals surface area contributed by atoms with E-state index in [1.807, 2.05) is 41.5 Å². The highest BCUT2D eigenvalue weighted by atomic mass is 16.5. The molecule has 1 aliphatic heterocycles. The average molecular weight is 233 g/mol. The van der Waals surface area contributed by atoms with Crippen LogP contribution in [-0.2, 0) is 4.74 Å². The Morgan fingerprint density at radius 1 is 1.06 bits per heavy atom.